The number of esters is 1. The predicted octanol–water partition coefficient (Wildman–Crippen LogP) is 6.87. The van der Waals surface area contributed by atoms with Crippen molar-refractivity contribution >= 4 is 28.6 Å². The molecule has 6 heteroatoms. The summed E-state index contributed by atoms with van der Waals surface area (Å²) in [5, 5.41) is 0.944. The quantitative estimate of drug-likeness (QED) is 0.205. The van der Waals surface area contributed by atoms with Crippen LogP contribution in [0.2, 0.25) is 0 Å². The standard InChI is InChI=1S/C30H32N2O3S/c1-5-34-30(33)28-26(18-36-22-14-10-7-11-15-22)31(4)25-16-23(21-12-8-6-9-13-21)29-24(27(25)28)17-32(19-35-29)20(2)3/h6-16,20H,5,17-19H2,1-4H3. The van der Waals surface area contributed by atoms with Crippen molar-refractivity contribution in [2.45, 2.75) is 44.0 Å². The van der Waals surface area contributed by atoms with Crippen molar-refractivity contribution in [3.63, 3.8) is 0 Å². The third-order valence-corrected chi connectivity index (χ3v) is 7.84. The van der Waals surface area contributed by atoms with E-state index in [1.807, 2.05) is 43.3 Å². The summed E-state index contributed by atoms with van der Waals surface area (Å²) in [6, 6.07) is 23.1. The van der Waals surface area contributed by atoms with Gasteiger partial charge in [0, 0.05) is 52.5 Å². The fourth-order valence-corrected chi connectivity index (χ4v) is 5.83. The average Bonchev–Trinajstić information content (AvgIpc) is 3.19. The lowest BCUT2D eigenvalue weighted by Crippen LogP contribution is -2.37. The molecule has 0 unspecified atom stereocenters. The second-order valence-corrected chi connectivity index (χ2v) is 10.4. The number of aromatic nitrogens is 1. The van der Waals surface area contributed by atoms with E-state index in [2.05, 4.69) is 60.7 Å². The summed E-state index contributed by atoms with van der Waals surface area (Å²) in [6.45, 7) is 7.77. The summed E-state index contributed by atoms with van der Waals surface area (Å²) in [6.07, 6.45) is 0. The number of aryl methyl sites for hydroxylation is 1. The van der Waals surface area contributed by atoms with Gasteiger partial charge in [-0.25, -0.2) is 4.79 Å². The largest absolute Gasteiger partial charge is 0.477 e. The summed E-state index contributed by atoms with van der Waals surface area (Å²) in [5.74, 6) is 1.25. The first-order chi connectivity index (χ1) is 17.5. The molecule has 3 aromatic carbocycles. The molecule has 0 spiro atoms. The summed E-state index contributed by atoms with van der Waals surface area (Å²) in [5.41, 5.74) is 5.86. The minimum atomic E-state index is -0.275. The van der Waals surface area contributed by atoms with E-state index in [0.29, 0.717) is 37.2 Å². The molecular formula is C30H32N2O3S. The van der Waals surface area contributed by atoms with Gasteiger partial charge in [0.15, 0.2) is 0 Å². The first-order valence-corrected chi connectivity index (χ1v) is 13.4. The average molecular weight is 501 g/mol. The van der Waals surface area contributed by atoms with Crippen molar-refractivity contribution in [3.8, 4) is 16.9 Å². The van der Waals surface area contributed by atoms with Crippen LogP contribution in [0.15, 0.2) is 71.6 Å². The molecule has 4 aromatic rings. The Labute approximate surface area is 217 Å². The summed E-state index contributed by atoms with van der Waals surface area (Å²) in [7, 11) is 2.05. The Kier molecular flexibility index (Phi) is 7.08. The molecule has 0 amide bonds. The van der Waals surface area contributed by atoms with Gasteiger partial charge < -0.3 is 14.0 Å². The lowest BCUT2D eigenvalue weighted by atomic mass is 9.95. The molecule has 0 saturated carbocycles. The van der Waals surface area contributed by atoms with E-state index in [1.54, 1.807) is 11.8 Å². The van der Waals surface area contributed by atoms with Crippen LogP contribution < -0.4 is 4.74 Å². The van der Waals surface area contributed by atoms with Crippen LogP contribution in [0.1, 0.15) is 42.4 Å². The molecule has 0 atom stereocenters. The van der Waals surface area contributed by atoms with Gasteiger partial charge in [0.05, 0.1) is 17.7 Å². The van der Waals surface area contributed by atoms with Crippen LogP contribution in [0.4, 0.5) is 0 Å². The fourth-order valence-electron chi connectivity index (χ4n) is 4.84. The van der Waals surface area contributed by atoms with Gasteiger partial charge in [-0.15, -0.1) is 11.8 Å². The highest BCUT2D eigenvalue weighted by Gasteiger charge is 2.31. The first kappa shape index (κ1) is 24.5. The van der Waals surface area contributed by atoms with Gasteiger partial charge in [-0.1, -0.05) is 48.5 Å². The Bertz CT molecular complexity index is 1380. The normalized spacial score (nSPS) is 13.6. The predicted molar refractivity (Wildman–Crippen MR) is 146 cm³/mol. The molecule has 0 fully saturated rings. The maximum atomic E-state index is 13.5. The highest BCUT2D eigenvalue weighted by Crippen LogP contribution is 2.45. The van der Waals surface area contributed by atoms with Crippen LogP contribution in [0.5, 0.6) is 5.75 Å². The Morgan fingerprint density at radius 1 is 1.08 bits per heavy atom. The number of benzene rings is 3. The van der Waals surface area contributed by atoms with Gasteiger partial charge in [-0.2, -0.15) is 0 Å². The number of carbonyl (C=O) groups is 1. The van der Waals surface area contributed by atoms with Crippen molar-refractivity contribution in [2.24, 2.45) is 7.05 Å². The van der Waals surface area contributed by atoms with E-state index >= 15 is 0 Å². The van der Waals surface area contributed by atoms with Crippen LogP contribution in [-0.2, 0) is 24.1 Å². The number of hydrogen-bond donors (Lipinski definition) is 0. The lowest BCUT2D eigenvalue weighted by Gasteiger charge is -2.33. The van der Waals surface area contributed by atoms with Gasteiger partial charge in [0.1, 0.15) is 12.5 Å². The minimum absolute atomic E-state index is 0.275. The Morgan fingerprint density at radius 2 is 1.78 bits per heavy atom. The monoisotopic (exact) mass is 500 g/mol. The molecule has 36 heavy (non-hydrogen) atoms. The summed E-state index contributed by atoms with van der Waals surface area (Å²) in [4.78, 5) is 16.9. The highest BCUT2D eigenvalue weighted by atomic mass is 32.2. The molecule has 186 valence electrons. The smallest absolute Gasteiger partial charge is 0.340 e. The Morgan fingerprint density at radius 3 is 2.44 bits per heavy atom. The number of thioether (sulfide) groups is 1. The molecule has 0 saturated heterocycles. The second-order valence-electron chi connectivity index (χ2n) is 9.31. The van der Waals surface area contributed by atoms with Gasteiger partial charge in [0.25, 0.3) is 0 Å². The molecule has 2 heterocycles. The Hall–Kier alpha value is -3.22. The van der Waals surface area contributed by atoms with Crippen LogP contribution in [0.25, 0.3) is 22.0 Å². The van der Waals surface area contributed by atoms with Crippen molar-refractivity contribution in [2.75, 3.05) is 13.3 Å². The van der Waals surface area contributed by atoms with Gasteiger partial charge in [-0.3, -0.25) is 4.90 Å². The molecule has 0 bridgehead atoms. The zero-order valence-corrected chi connectivity index (χ0v) is 22.1. The zero-order valence-electron chi connectivity index (χ0n) is 21.3. The van der Waals surface area contributed by atoms with E-state index in [1.165, 1.54) is 4.90 Å². The van der Waals surface area contributed by atoms with Gasteiger partial charge in [-0.05, 0) is 44.5 Å². The molecule has 5 rings (SSSR count). The van der Waals surface area contributed by atoms with Gasteiger partial charge in [0.2, 0.25) is 0 Å². The lowest BCUT2D eigenvalue weighted by molar-refractivity contribution is 0.0526. The van der Waals surface area contributed by atoms with Crippen LogP contribution >= 0.6 is 11.8 Å². The SMILES string of the molecule is CCOC(=O)c1c(CSc2ccccc2)n(C)c2cc(-c3ccccc3)c3c(c12)CN(C(C)C)CO3. The number of ether oxygens (including phenoxy) is 2. The van der Waals surface area contributed by atoms with Crippen molar-refractivity contribution in [1.82, 2.24) is 9.47 Å². The van der Waals surface area contributed by atoms with Crippen molar-refractivity contribution < 1.29 is 14.3 Å². The van der Waals surface area contributed by atoms with E-state index in [4.69, 9.17) is 9.47 Å². The van der Waals surface area contributed by atoms with E-state index in [9.17, 15) is 4.79 Å². The molecule has 1 aliphatic rings. The third-order valence-electron chi connectivity index (χ3n) is 6.81. The highest BCUT2D eigenvalue weighted by molar-refractivity contribution is 7.98. The second kappa shape index (κ2) is 10.4. The molecule has 0 radical (unpaired) electrons. The number of rotatable bonds is 7. The molecular weight excluding hydrogens is 468 g/mol. The van der Waals surface area contributed by atoms with E-state index < -0.39 is 0 Å². The minimum Gasteiger partial charge on any atom is -0.477 e. The number of fused-ring (bicyclic) bond motifs is 3. The third kappa shape index (κ3) is 4.51. The van der Waals surface area contributed by atoms with Crippen molar-refractivity contribution in [3.05, 3.63) is 83.6 Å². The van der Waals surface area contributed by atoms with E-state index in [0.717, 1.165) is 39.0 Å². The van der Waals surface area contributed by atoms with Crippen LogP contribution in [0, 0.1) is 0 Å². The molecule has 1 aliphatic heterocycles. The van der Waals surface area contributed by atoms with E-state index in [-0.39, 0.29) is 5.97 Å². The zero-order chi connectivity index (χ0) is 25.2. The Balaban J connectivity index is 1.75. The number of hydrogen-bond acceptors (Lipinski definition) is 5. The first-order valence-electron chi connectivity index (χ1n) is 12.4. The molecule has 1 aromatic heterocycles. The van der Waals surface area contributed by atoms with Crippen LogP contribution in [-0.4, -0.2) is 34.8 Å². The van der Waals surface area contributed by atoms with Crippen LogP contribution in [0.3, 0.4) is 0 Å². The number of nitrogens with zero attached hydrogens (tertiary/aromatic N) is 2. The number of carbonyl (C=O) groups excluding carboxylic acids is 1. The topological polar surface area (TPSA) is 43.7 Å². The maximum absolute atomic E-state index is 13.5. The summed E-state index contributed by atoms with van der Waals surface area (Å²) < 4.78 is 14.2. The summed E-state index contributed by atoms with van der Waals surface area (Å²) >= 11 is 1.73. The maximum Gasteiger partial charge on any atom is 0.340 e. The fraction of sp³-hybridized carbons (Fsp3) is 0.300. The molecule has 0 N–H and O–H groups in total. The van der Waals surface area contributed by atoms with Crippen molar-refractivity contribution in [1.29, 1.82) is 0 Å². The molecule has 5 nitrogen and oxygen atoms in total. The molecule has 0 aliphatic carbocycles. The van der Waals surface area contributed by atoms with Gasteiger partial charge >= 0.3 is 5.97 Å².